The van der Waals surface area contributed by atoms with Gasteiger partial charge in [0.25, 0.3) is 5.69 Å². The van der Waals surface area contributed by atoms with E-state index in [2.05, 4.69) is 15.4 Å². The van der Waals surface area contributed by atoms with Crippen LogP contribution in [0.1, 0.15) is 17.8 Å². The highest BCUT2D eigenvalue weighted by Crippen LogP contribution is 2.30. The molecule has 0 spiro atoms. The monoisotopic (exact) mass is 435 g/mol. The third-order valence-corrected chi connectivity index (χ3v) is 4.08. The van der Waals surface area contributed by atoms with Gasteiger partial charge in [0.05, 0.1) is 22.9 Å². The zero-order valence-electron chi connectivity index (χ0n) is 16.1. The number of carbonyl (C=O) groups is 1. The van der Waals surface area contributed by atoms with Crippen LogP contribution in [0.15, 0.2) is 48.8 Å². The van der Waals surface area contributed by atoms with Crippen LogP contribution in [0.4, 0.5) is 24.5 Å². The zero-order valence-corrected chi connectivity index (χ0v) is 16.1. The van der Waals surface area contributed by atoms with Crippen LogP contribution < -0.4 is 10.1 Å². The van der Waals surface area contributed by atoms with Gasteiger partial charge in [-0.2, -0.15) is 18.3 Å². The number of amides is 1. The minimum Gasteiger partial charge on any atom is -0.455 e. The summed E-state index contributed by atoms with van der Waals surface area (Å²) in [7, 11) is 0. The number of aryl methyl sites for hydroxylation is 2. The summed E-state index contributed by atoms with van der Waals surface area (Å²) >= 11 is 0. The largest absolute Gasteiger partial charge is 0.455 e. The maximum absolute atomic E-state index is 12.7. The summed E-state index contributed by atoms with van der Waals surface area (Å²) in [5.74, 6) is -0.110. The third kappa shape index (κ3) is 5.78. The van der Waals surface area contributed by atoms with Gasteiger partial charge in [-0.1, -0.05) is 0 Å². The Kier molecular flexibility index (Phi) is 6.18. The number of pyridine rings is 1. The Labute approximate surface area is 173 Å². The molecule has 1 amide bonds. The minimum absolute atomic E-state index is 0.0955. The van der Waals surface area contributed by atoms with Gasteiger partial charge in [0.15, 0.2) is 5.69 Å². The predicted octanol–water partition coefficient (Wildman–Crippen LogP) is 4.33. The van der Waals surface area contributed by atoms with E-state index in [1.165, 1.54) is 31.5 Å². The van der Waals surface area contributed by atoms with E-state index in [-0.39, 0.29) is 35.8 Å². The van der Waals surface area contributed by atoms with Crippen molar-refractivity contribution in [3.8, 4) is 11.5 Å². The molecule has 12 heteroatoms. The number of halogens is 3. The molecule has 2 aromatic heterocycles. The first-order valence-electron chi connectivity index (χ1n) is 8.90. The van der Waals surface area contributed by atoms with Crippen molar-refractivity contribution in [1.29, 1.82) is 0 Å². The molecule has 31 heavy (non-hydrogen) atoms. The van der Waals surface area contributed by atoms with Crippen molar-refractivity contribution in [1.82, 2.24) is 14.8 Å². The van der Waals surface area contributed by atoms with Gasteiger partial charge in [-0.05, 0) is 25.1 Å². The fourth-order valence-corrected chi connectivity index (χ4v) is 2.67. The lowest BCUT2D eigenvalue weighted by Crippen LogP contribution is -2.16. The SMILES string of the molecule is Cc1cc(C(F)(F)F)nn1CCC(=O)Nc1cc(Oc2cccnc2)cc([N+](=O)[O-])c1. The van der Waals surface area contributed by atoms with Gasteiger partial charge in [0, 0.05) is 37.0 Å². The van der Waals surface area contributed by atoms with E-state index >= 15 is 0 Å². The summed E-state index contributed by atoms with van der Waals surface area (Å²) in [5, 5.41) is 17.1. The van der Waals surface area contributed by atoms with Crippen LogP contribution in [-0.4, -0.2) is 25.6 Å². The van der Waals surface area contributed by atoms with Crippen LogP contribution in [-0.2, 0) is 17.5 Å². The number of hydrogen-bond donors (Lipinski definition) is 1. The molecule has 9 nitrogen and oxygen atoms in total. The Morgan fingerprint density at radius 3 is 2.65 bits per heavy atom. The highest BCUT2D eigenvalue weighted by atomic mass is 19.4. The van der Waals surface area contributed by atoms with Crippen LogP contribution in [0.5, 0.6) is 11.5 Å². The molecule has 0 unspecified atom stereocenters. The summed E-state index contributed by atoms with van der Waals surface area (Å²) in [6, 6.07) is 7.84. The molecule has 0 saturated carbocycles. The number of benzene rings is 1. The summed E-state index contributed by atoms with van der Waals surface area (Å²) < 4.78 is 44.8. The zero-order chi connectivity index (χ0) is 22.6. The smallest absolute Gasteiger partial charge is 0.435 e. The molecule has 0 saturated heterocycles. The van der Waals surface area contributed by atoms with Crippen molar-refractivity contribution in [2.24, 2.45) is 0 Å². The van der Waals surface area contributed by atoms with E-state index < -0.39 is 22.7 Å². The van der Waals surface area contributed by atoms with Gasteiger partial charge in [-0.25, -0.2) is 0 Å². The average Bonchev–Trinajstić information content (AvgIpc) is 3.08. The van der Waals surface area contributed by atoms with E-state index in [4.69, 9.17) is 4.74 Å². The van der Waals surface area contributed by atoms with Crippen LogP contribution in [0.2, 0.25) is 0 Å². The quantitative estimate of drug-likeness (QED) is 0.437. The van der Waals surface area contributed by atoms with Gasteiger partial charge >= 0.3 is 6.18 Å². The number of rotatable bonds is 7. The van der Waals surface area contributed by atoms with Crippen molar-refractivity contribution in [2.75, 3.05) is 5.32 Å². The minimum atomic E-state index is -4.58. The van der Waals surface area contributed by atoms with Crippen LogP contribution >= 0.6 is 0 Å². The molecule has 0 bridgehead atoms. The molecule has 1 aromatic carbocycles. The molecule has 0 aliphatic carbocycles. The molecule has 0 aliphatic rings. The molecular weight excluding hydrogens is 419 g/mol. The van der Waals surface area contributed by atoms with Crippen molar-refractivity contribution >= 4 is 17.3 Å². The van der Waals surface area contributed by atoms with E-state index in [0.717, 1.165) is 16.8 Å². The number of anilines is 1. The second-order valence-electron chi connectivity index (χ2n) is 6.45. The van der Waals surface area contributed by atoms with Gasteiger partial charge in [-0.3, -0.25) is 24.6 Å². The normalized spacial score (nSPS) is 11.2. The Bertz CT molecular complexity index is 1100. The number of nitro benzene ring substituents is 1. The lowest BCUT2D eigenvalue weighted by atomic mass is 10.2. The molecule has 3 rings (SSSR count). The fourth-order valence-electron chi connectivity index (χ4n) is 2.67. The second-order valence-corrected chi connectivity index (χ2v) is 6.45. The Hall–Kier alpha value is -3.96. The van der Waals surface area contributed by atoms with Gasteiger partial charge in [-0.15, -0.1) is 0 Å². The van der Waals surface area contributed by atoms with Crippen molar-refractivity contribution in [2.45, 2.75) is 26.1 Å². The Morgan fingerprint density at radius 1 is 1.26 bits per heavy atom. The number of ether oxygens (including phenoxy) is 1. The maximum Gasteiger partial charge on any atom is 0.435 e. The van der Waals surface area contributed by atoms with Crippen LogP contribution in [0.25, 0.3) is 0 Å². The predicted molar refractivity (Wildman–Crippen MR) is 103 cm³/mol. The highest BCUT2D eigenvalue weighted by Gasteiger charge is 2.34. The molecule has 2 heterocycles. The summed E-state index contributed by atoms with van der Waals surface area (Å²) in [6.45, 7) is 1.35. The van der Waals surface area contributed by atoms with Gasteiger partial charge in [0.1, 0.15) is 11.5 Å². The maximum atomic E-state index is 12.7. The number of nitrogens with zero attached hydrogens (tertiary/aromatic N) is 4. The highest BCUT2D eigenvalue weighted by molar-refractivity contribution is 5.91. The molecule has 3 aromatic rings. The number of aromatic nitrogens is 3. The van der Waals surface area contributed by atoms with Crippen molar-refractivity contribution in [3.63, 3.8) is 0 Å². The Balaban J connectivity index is 1.70. The first-order valence-corrected chi connectivity index (χ1v) is 8.90. The third-order valence-electron chi connectivity index (χ3n) is 4.08. The second kappa shape index (κ2) is 8.81. The standard InChI is InChI=1S/C19H16F3N5O4/c1-12-7-17(19(20,21)22)25-26(12)6-4-18(28)24-13-8-14(27(29)30)10-16(9-13)31-15-3-2-5-23-11-15/h2-3,5,7-11H,4,6H2,1H3,(H,24,28). The summed E-state index contributed by atoms with van der Waals surface area (Å²) in [4.78, 5) is 26.7. The lowest BCUT2D eigenvalue weighted by Gasteiger charge is -2.10. The van der Waals surface area contributed by atoms with E-state index in [1.54, 1.807) is 12.1 Å². The number of carbonyl (C=O) groups excluding carboxylic acids is 1. The molecule has 0 atom stereocenters. The Morgan fingerprint density at radius 2 is 2.03 bits per heavy atom. The summed E-state index contributed by atoms with van der Waals surface area (Å²) in [5.41, 5.74) is -0.996. The first-order chi connectivity index (χ1) is 14.6. The number of non-ortho nitro benzene ring substituents is 1. The van der Waals surface area contributed by atoms with E-state index in [1.807, 2.05) is 0 Å². The van der Waals surface area contributed by atoms with Gasteiger partial charge in [0.2, 0.25) is 5.91 Å². The van der Waals surface area contributed by atoms with Crippen molar-refractivity contribution in [3.05, 3.63) is 70.3 Å². The first kappa shape index (κ1) is 21.7. The van der Waals surface area contributed by atoms with Crippen LogP contribution in [0, 0.1) is 17.0 Å². The lowest BCUT2D eigenvalue weighted by molar-refractivity contribution is -0.384. The molecular formula is C19H16F3N5O4. The average molecular weight is 435 g/mol. The summed E-state index contributed by atoms with van der Waals surface area (Å²) in [6.07, 6.45) is -1.82. The number of nitro groups is 1. The molecule has 0 aliphatic heterocycles. The number of nitrogens with one attached hydrogen (secondary N) is 1. The molecule has 1 N–H and O–H groups in total. The van der Waals surface area contributed by atoms with Crippen LogP contribution in [0.3, 0.4) is 0 Å². The van der Waals surface area contributed by atoms with Gasteiger partial charge < -0.3 is 10.1 Å². The molecule has 162 valence electrons. The topological polar surface area (TPSA) is 112 Å². The molecule has 0 radical (unpaired) electrons. The van der Waals surface area contributed by atoms with E-state index in [0.29, 0.717) is 5.75 Å². The number of alkyl halides is 3. The van der Waals surface area contributed by atoms with E-state index in [9.17, 15) is 28.1 Å². The van der Waals surface area contributed by atoms with Crippen molar-refractivity contribution < 1.29 is 27.6 Å². The fraction of sp³-hybridized carbons (Fsp3) is 0.211. The number of hydrogen-bond acceptors (Lipinski definition) is 6. The molecule has 0 fully saturated rings.